The molecule has 23 heavy (non-hydrogen) atoms. The summed E-state index contributed by atoms with van der Waals surface area (Å²) in [6.07, 6.45) is 8.31. The van der Waals surface area contributed by atoms with Crippen molar-refractivity contribution in [2.45, 2.75) is 69.9 Å². The lowest BCUT2D eigenvalue weighted by Crippen LogP contribution is -2.47. The highest BCUT2D eigenvalue weighted by molar-refractivity contribution is 7.09. The Balaban J connectivity index is 1.53. The molecule has 1 aromatic rings. The van der Waals surface area contributed by atoms with E-state index in [1.165, 1.54) is 12.8 Å². The first-order valence-electron chi connectivity index (χ1n) is 8.74. The van der Waals surface area contributed by atoms with E-state index < -0.39 is 5.60 Å². The summed E-state index contributed by atoms with van der Waals surface area (Å²) in [7, 11) is 0. The molecule has 0 spiro atoms. The molecule has 3 N–H and O–H groups in total. The van der Waals surface area contributed by atoms with Crippen LogP contribution in [0.15, 0.2) is 5.38 Å². The fourth-order valence-electron chi connectivity index (χ4n) is 3.33. The molecule has 0 bridgehead atoms. The number of hydrogen-bond acceptors (Lipinski definition) is 4. The van der Waals surface area contributed by atoms with Gasteiger partial charge in [0.1, 0.15) is 5.01 Å². The number of rotatable bonds is 5. The molecule has 0 aromatic carbocycles. The Morgan fingerprint density at radius 1 is 1.39 bits per heavy atom. The lowest BCUT2D eigenvalue weighted by atomic mass is 9.94. The number of aliphatic hydroxyl groups is 1. The molecule has 0 aliphatic heterocycles. The summed E-state index contributed by atoms with van der Waals surface area (Å²) in [5.74, 6) is 0.507. The summed E-state index contributed by atoms with van der Waals surface area (Å²) in [5, 5.41) is 19.6. The summed E-state index contributed by atoms with van der Waals surface area (Å²) < 4.78 is 0. The molecule has 0 saturated heterocycles. The predicted octanol–water partition coefficient (Wildman–Crippen LogP) is 3.29. The number of nitrogens with zero attached hydrogens (tertiary/aromatic N) is 1. The van der Waals surface area contributed by atoms with E-state index in [2.05, 4.69) is 15.6 Å². The fourth-order valence-corrected chi connectivity index (χ4v) is 4.27. The van der Waals surface area contributed by atoms with Crippen LogP contribution in [-0.4, -0.2) is 28.3 Å². The van der Waals surface area contributed by atoms with Crippen molar-refractivity contribution < 1.29 is 9.90 Å². The highest BCUT2D eigenvalue weighted by Crippen LogP contribution is 2.41. The van der Waals surface area contributed by atoms with Crippen molar-refractivity contribution in [3.05, 3.63) is 16.1 Å². The second kappa shape index (κ2) is 7.18. The van der Waals surface area contributed by atoms with Crippen LogP contribution in [0.4, 0.5) is 4.79 Å². The third-order valence-corrected chi connectivity index (χ3v) is 5.94. The maximum atomic E-state index is 12.3. The Morgan fingerprint density at radius 3 is 2.65 bits per heavy atom. The van der Waals surface area contributed by atoms with Gasteiger partial charge in [-0.2, -0.15) is 0 Å². The van der Waals surface area contributed by atoms with Gasteiger partial charge < -0.3 is 15.7 Å². The molecule has 2 aliphatic carbocycles. The topological polar surface area (TPSA) is 74.2 Å². The Hall–Kier alpha value is -1.14. The number of nitrogens with one attached hydrogen (secondary N) is 2. The minimum atomic E-state index is -0.735. The van der Waals surface area contributed by atoms with Crippen LogP contribution in [0.2, 0.25) is 0 Å². The lowest BCUT2D eigenvalue weighted by molar-refractivity contribution is 0.0275. The van der Waals surface area contributed by atoms with Gasteiger partial charge in [0, 0.05) is 17.6 Å². The monoisotopic (exact) mass is 337 g/mol. The summed E-state index contributed by atoms with van der Waals surface area (Å²) in [4.78, 5) is 16.8. The second-order valence-corrected chi connectivity index (χ2v) is 8.00. The van der Waals surface area contributed by atoms with Crippen molar-refractivity contribution in [3.63, 3.8) is 0 Å². The molecule has 2 aliphatic rings. The van der Waals surface area contributed by atoms with Crippen molar-refractivity contribution in [1.82, 2.24) is 15.6 Å². The van der Waals surface area contributed by atoms with Crippen molar-refractivity contribution in [1.29, 1.82) is 0 Å². The molecule has 0 radical (unpaired) electrons. The summed E-state index contributed by atoms with van der Waals surface area (Å²) in [6, 6.07) is -0.176. The molecule has 2 amide bonds. The number of amides is 2. The lowest BCUT2D eigenvalue weighted by Gasteiger charge is -2.27. The first kappa shape index (κ1) is 16.7. The molecule has 1 aromatic heterocycles. The molecule has 1 atom stereocenters. The predicted molar refractivity (Wildman–Crippen MR) is 91.5 cm³/mol. The third kappa shape index (κ3) is 4.67. The molecule has 5 nitrogen and oxygen atoms in total. The van der Waals surface area contributed by atoms with E-state index in [-0.39, 0.29) is 12.1 Å². The van der Waals surface area contributed by atoms with Crippen molar-refractivity contribution >= 4 is 17.4 Å². The average molecular weight is 337 g/mol. The zero-order chi connectivity index (χ0) is 16.3. The van der Waals surface area contributed by atoms with Crippen LogP contribution < -0.4 is 10.6 Å². The van der Waals surface area contributed by atoms with Crippen LogP contribution in [0.1, 0.15) is 68.1 Å². The van der Waals surface area contributed by atoms with Crippen LogP contribution in [0.5, 0.6) is 0 Å². The Kier molecular flexibility index (Phi) is 5.21. The molecular weight excluding hydrogens is 310 g/mol. The Labute approximate surface area is 141 Å². The Morgan fingerprint density at radius 2 is 2.09 bits per heavy atom. The molecule has 0 unspecified atom stereocenters. The van der Waals surface area contributed by atoms with Crippen LogP contribution in [0.3, 0.4) is 0 Å². The van der Waals surface area contributed by atoms with Gasteiger partial charge in [0.15, 0.2) is 0 Å². The number of aromatic nitrogens is 1. The van der Waals surface area contributed by atoms with Crippen LogP contribution in [-0.2, 0) is 0 Å². The second-order valence-electron chi connectivity index (χ2n) is 7.11. The zero-order valence-corrected chi connectivity index (χ0v) is 14.6. The van der Waals surface area contributed by atoms with Gasteiger partial charge in [0.25, 0.3) is 0 Å². The van der Waals surface area contributed by atoms with Gasteiger partial charge in [0.05, 0.1) is 11.6 Å². The summed E-state index contributed by atoms with van der Waals surface area (Å²) >= 11 is 1.61. The molecule has 3 rings (SSSR count). The van der Waals surface area contributed by atoms with Gasteiger partial charge in [-0.15, -0.1) is 11.3 Å². The summed E-state index contributed by atoms with van der Waals surface area (Å²) in [5.41, 5.74) is 0.270. The minimum absolute atomic E-state index is 0.0116. The number of carbonyl (C=O) groups is 1. The first-order valence-corrected chi connectivity index (χ1v) is 9.62. The Bertz CT molecular complexity index is 534. The van der Waals surface area contributed by atoms with Gasteiger partial charge in [-0.05, 0) is 38.5 Å². The fraction of sp³-hybridized carbons (Fsp3) is 0.765. The van der Waals surface area contributed by atoms with Gasteiger partial charge in [0.2, 0.25) is 0 Å². The number of aryl methyl sites for hydroxylation is 1. The maximum absolute atomic E-state index is 12.3. The maximum Gasteiger partial charge on any atom is 0.315 e. The largest absolute Gasteiger partial charge is 0.388 e. The number of urea groups is 1. The highest BCUT2D eigenvalue weighted by Gasteiger charge is 2.36. The van der Waals surface area contributed by atoms with Crippen LogP contribution in [0.25, 0.3) is 0 Å². The minimum Gasteiger partial charge on any atom is -0.388 e. The van der Waals surface area contributed by atoms with Crippen LogP contribution >= 0.6 is 11.3 Å². The molecule has 6 heteroatoms. The first-order chi connectivity index (χ1) is 11.1. The highest BCUT2D eigenvalue weighted by atomic mass is 32.1. The molecular formula is C17H27N3O2S. The van der Waals surface area contributed by atoms with Crippen molar-refractivity contribution in [2.24, 2.45) is 5.92 Å². The number of thiazole rings is 1. The van der Waals surface area contributed by atoms with Crippen molar-refractivity contribution in [3.8, 4) is 0 Å². The van der Waals surface area contributed by atoms with Crippen LogP contribution in [0, 0.1) is 12.8 Å². The van der Waals surface area contributed by atoms with Crippen molar-refractivity contribution in [2.75, 3.05) is 6.54 Å². The normalized spacial score (nSPS) is 22.2. The molecule has 1 heterocycles. The average Bonchev–Trinajstić information content (AvgIpc) is 3.30. The third-order valence-electron chi connectivity index (χ3n) is 4.90. The quantitative estimate of drug-likeness (QED) is 0.722. The van der Waals surface area contributed by atoms with E-state index in [0.29, 0.717) is 12.5 Å². The SMILES string of the molecule is Cc1csc([C@@H](NC(=O)NCC2(O)CCCCCC2)C2CC2)n1. The van der Waals surface area contributed by atoms with E-state index in [1.807, 2.05) is 12.3 Å². The van der Waals surface area contributed by atoms with Gasteiger partial charge in [-0.25, -0.2) is 9.78 Å². The van der Waals surface area contributed by atoms with E-state index in [9.17, 15) is 9.90 Å². The standard InChI is InChI=1S/C17H27N3O2S/c1-12-10-23-15(19-12)14(13-6-7-13)20-16(21)18-11-17(22)8-4-2-3-5-9-17/h10,13-14,22H,2-9,11H2,1H3,(H2,18,20,21)/t14-/m0/s1. The van der Waals surface area contributed by atoms with E-state index in [0.717, 1.165) is 49.2 Å². The number of hydrogen-bond donors (Lipinski definition) is 3. The van der Waals surface area contributed by atoms with E-state index in [4.69, 9.17) is 0 Å². The van der Waals surface area contributed by atoms with E-state index >= 15 is 0 Å². The smallest absolute Gasteiger partial charge is 0.315 e. The molecule has 2 fully saturated rings. The van der Waals surface area contributed by atoms with E-state index in [1.54, 1.807) is 11.3 Å². The van der Waals surface area contributed by atoms with Gasteiger partial charge in [-0.3, -0.25) is 0 Å². The zero-order valence-electron chi connectivity index (χ0n) is 13.8. The van der Waals surface area contributed by atoms with Gasteiger partial charge in [-0.1, -0.05) is 25.7 Å². The molecule has 128 valence electrons. The summed E-state index contributed by atoms with van der Waals surface area (Å²) in [6.45, 7) is 2.32. The molecule has 2 saturated carbocycles. The number of carbonyl (C=O) groups excluding carboxylic acids is 1. The van der Waals surface area contributed by atoms with Gasteiger partial charge >= 0.3 is 6.03 Å².